The van der Waals surface area contributed by atoms with Gasteiger partial charge in [0.05, 0.1) is 18.7 Å². The van der Waals surface area contributed by atoms with Crippen LogP contribution in [0.2, 0.25) is 0 Å². The molecule has 5 heteroatoms. The Kier molecular flexibility index (Phi) is 6.20. The van der Waals surface area contributed by atoms with Crippen LogP contribution < -0.4 is 9.47 Å². The largest absolute Gasteiger partial charge is 0.493 e. The minimum absolute atomic E-state index is 0.0400. The summed E-state index contributed by atoms with van der Waals surface area (Å²) < 4.78 is 11.0. The maximum Gasteiger partial charge on any atom is 0.261 e. The molecule has 1 aliphatic rings. The molecular formula is C23H26N2O3. The molecule has 3 rings (SSSR count). The molecule has 5 nitrogen and oxygen atoms in total. The highest BCUT2D eigenvalue weighted by Crippen LogP contribution is 2.30. The standard InChI is InChI=1S/C23H26N2O3/c1-16(2)19-7-4-17(5-8-19)14-25(20-9-10-20)23(26)15-28-21-11-6-18(13-24)12-22(21)27-3/h4-8,11-12,16,20H,9-10,14-15H2,1-3H3. The van der Waals surface area contributed by atoms with Crippen LogP contribution in [0, 0.1) is 11.3 Å². The number of rotatable bonds is 8. The molecule has 28 heavy (non-hydrogen) atoms. The summed E-state index contributed by atoms with van der Waals surface area (Å²) in [6.45, 7) is 4.88. The molecule has 0 heterocycles. The van der Waals surface area contributed by atoms with Gasteiger partial charge in [-0.25, -0.2) is 0 Å². The predicted molar refractivity (Wildman–Crippen MR) is 107 cm³/mol. The predicted octanol–water partition coefficient (Wildman–Crippen LogP) is 4.26. The summed E-state index contributed by atoms with van der Waals surface area (Å²) in [5, 5.41) is 8.99. The fourth-order valence-corrected chi connectivity index (χ4v) is 3.09. The number of benzene rings is 2. The van der Waals surface area contributed by atoms with Crippen LogP contribution in [-0.2, 0) is 11.3 Å². The van der Waals surface area contributed by atoms with Crippen molar-refractivity contribution < 1.29 is 14.3 Å². The molecule has 0 radical (unpaired) electrons. The molecule has 0 saturated heterocycles. The number of carbonyl (C=O) groups is 1. The minimum atomic E-state index is -0.0527. The number of hydrogen-bond donors (Lipinski definition) is 0. The summed E-state index contributed by atoms with van der Waals surface area (Å²) >= 11 is 0. The van der Waals surface area contributed by atoms with Crippen molar-refractivity contribution in [2.24, 2.45) is 0 Å². The lowest BCUT2D eigenvalue weighted by atomic mass is 10.0. The van der Waals surface area contributed by atoms with Crippen molar-refractivity contribution in [3.8, 4) is 17.6 Å². The Morgan fingerprint density at radius 2 is 1.89 bits per heavy atom. The van der Waals surface area contributed by atoms with Gasteiger partial charge in [0, 0.05) is 18.7 Å². The zero-order valence-corrected chi connectivity index (χ0v) is 16.6. The molecule has 0 aliphatic heterocycles. The maximum absolute atomic E-state index is 12.8. The van der Waals surface area contributed by atoms with Crippen molar-refractivity contribution in [3.63, 3.8) is 0 Å². The highest BCUT2D eigenvalue weighted by molar-refractivity contribution is 5.78. The minimum Gasteiger partial charge on any atom is -0.493 e. The summed E-state index contributed by atoms with van der Waals surface area (Å²) in [5.74, 6) is 1.37. The topological polar surface area (TPSA) is 62.6 Å². The number of ether oxygens (including phenoxy) is 2. The first-order valence-electron chi connectivity index (χ1n) is 9.61. The van der Waals surface area contributed by atoms with E-state index in [0.29, 0.717) is 35.6 Å². The molecule has 0 N–H and O–H groups in total. The molecule has 1 fully saturated rings. The number of hydrogen-bond acceptors (Lipinski definition) is 4. The number of amides is 1. The number of nitriles is 1. The van der Waals surface area contributed by atoms with Crippen LogP contribution in [-0.4, -0.2) is 30.6 Å². The lowest BCUT2D eigenvalue weighted by molar-refractivity contribution is -0.134. The summed E-state index contributed by atoms with van der Waals surface area (Å²) in [6.07, 6.45) is 2.08. The van der Waals surface area contributed by atoms with Crippen LogP contribution in [0.25, 0.3) is 0 Å². The summed E-state index contributed by atoms with van der Waals surface area (Å²) in [7, 11) is 1.52. The molecular weight excluding hydrogens is 352 g/mol. The number of methoxy groups -OCH3 is 1. The third kappa shape index (κ3) is 4.83. The third-order valence-corrected chi connectivity index (χ3v) is 4.95. The second-order valence-electron chi connectivity index (χ2n) is 7.42. The van der Waals surface area contributed by atoms with E-state index in [9.17, 15) is 4.79 Å². The van der Waals surface area contributed by atoms with Gasteiger partial charge >= 0.3 is 0 Å². The van der Waals surface area contributed by atoms with Crippen LogP contribution in [0.15, 0.2) is 42.5 Å². The van der Waals surface area contributed by atoms with E-state index in [0.717, 1.165) is 18.4 Å². The molecule has 1 aliphatic carbocycles. The normalized spacial score (nSPS) is 13.1. The zero-order valence-electron chi connectivity index (χ0n) is 16.6. The van der Waals surface area contributed by atoms with Gasteiger partial charge in [-0.05, 0) is 42.0 Å². The average Bonchev–Trinajstić information content (AvgIpc) is 3.55. The van der Waals surface area contributed by atoms with E-state index < -0.39 is 0 Å². The van der Waals surface area contributed by atoms with Crippen LogP contribution in [0.3, 0.4) is 0 Å². The quantitative estimate of drug-likeness (QED) is 0.688. The number of carbonyl (C=O) groups excluding carboxylic acids is 1. The van der Waals surface area contributed by atoms with E-state index in [1.807, 2.05) is 4.90 Å². The smallest absolute Gasteiger partial charge is 0.261 e. The third-order valence-electron chi connectivity index (χ3n) is 4.95. The second-order valence-corrected chi connectivity index (χ2v) is 7.42. The Bertz CT molecular complexity index is 864. The van der Waals surface area contributed by atoms with Gasteiger partial charge in [-0.2, -0.15) is 5.26 Å². The molecule has 0 spiro atoms. The fourth-order valence-electron chi connectivity index (χ4n) is 3.09. The molecule has 2 aromatic carbocycles. The Morgan fingerprint density at radius 1 is 1.18 bits per heavy atom. The van der Waals surface area contributed by atoms with Crippen LogP contribution in [0.4, 0.5) is 0 Å². The first-order chi connectivity index (χ1) is 13.5. The molecule has 1 amide bonds. The summed E-state index contributed by atoms with van der Waals surface area (Å²) in [5.41, 5.74) is 2.91. The highest BCUT2D eigenvalue weighted by Gasteiger charge is 2.32. The SMILES string of the molecule is COc1cc(C#N)ccc1OCC(=O)N(Cc1ccc(C(C)C)cc1)C1CC1. The second kappa shape index (κ2) is 8.79. The van der Waals surface area contributed by atoms with Crippen LogP contribution in [0.5, 0.6) is 11.5 Å². The Morgan fingerprint density at radius 3 is 2.46 bits per heavy atom. The molecule has 1 saturated carbocycles. The molecule has 0 bridgehead atoms. The van der Waals surface area contributed by atoms with E-state index in [1.165, 1.54) is 12.7 Å². The summed E-state index contributed by atoms with van der Waals surface area (Å²) in [6, 6.07) is 15.7. The Balaban J connectivity index is 1.65. The van der Waals surface area contributed by atoms with E-state index in [2.05, 4.69) is 44.2 Å². The lowest BCUT2D eigenvalue weighted by Gasteiger charge is -2.23. The first-order valence-corrected chi connectivity index (χ1v) is 9.61. The van der Waals surface area contributed by atoms with Crippen molar-refractivity contribution in [2.75, 3.05) is 13.7 Å². The average molecular weight is 378 g/mol. The van der Waals surface area contributed by atoms with Gasteiger partial charge in [0.1, 0.15) is 0 Å². The van der Waals surface area contributed by atoms with Gasteiger partial charge in [-0.1, -0.05) is 38.1 Å². The van der Waals surface area contributed by atoms with Crippen molar-refractivity contribution in [2.45, 2.75) is 45.2 Å². The molecule has 0 unspecified atom stereocenters. The lowest BCUT2D eigenvalue weighted by Crippen LogP contribution is -2.36. The van der Waals surface area contributed by atoms with Gasteiger partial charge in [0.2, 0.25) is 0 Å². The van der Waals surface area contributed by atoms with E-state index in [4.69, 9.17) is 14.7 Å². The van der Waals surface area contributed by atoms with Gasteiger partial charge < -0.3 is 14.4 Å². The van der Waals surface area contributed by atoms with E-state index in [-0.39, 0.29) is 12.5 Å². The maximum atomic E-state index is 12.8. The zero-order chi connectivity index (χ0) is 20.1. The van der Waals surface area contributed by atoms with Crippen molar-refractivity contribution in [3.05, 3.63) is 59.2 Å². The van der Waals surface area contributed by atoms with Crippen LogP contribution >= 0.6 is 0 Å². The van der Waals surface area contributed by atoms with Crippen molar-refractivity contribution in [1.82, 2.24) is 4.90 Å². The summed E-state index contributed by atoms with van der Waals surface area (Å²) in [4.78, 5) is 14.7. The van der Waals surface area contributed by atoms with Crippen molar-refractivity contribution in [1.29, 1.82) is 5.26 Å². The van der Waals surface area contributed by atoms with E-state index >= 15 is 0 Å². The van der Waals surface area contributed by atoms with Crippen molar-refractivity contribution >= 4 is 5.91 Å². The van der Waals surface area contributed by atoms with Gasteiger partial charge in [-0.15, -0.1) is 0 Å². The van der Waals surface area contributed by atoms with Crippen LogP contribution in [0.1, 0.15) is 49.3 Å². The first kappa shape index (κ1) is 19.8. The van der Waals surface area contributed by atoms with Gasteiger partial charge in [-0.3, -0.25) is 4.79 Å². The molecule has 146 valence electrons. The van der Waals surface area contributed by atoms with Gasteiger partial charge in [0.15, 0.2) is 18.1 Å². The number of nitrogens with zero attached hydrogens (tertiary/aromatic N) is 2. The Hall–Kier alpha value is -3.00. The monoisotopic (exact) mass is 378 g/mol. The molecule has 0 atom stereocenters. The van der Waals surface area contributed by atoms with Gasteiger partial charge in [0.25, 0.3) is 5.91 Å². The fraction of sp³-hybridized carbons (Fsp3) is 0.391. The molecule has 0 aromatic heterocycles. The highest BCUT2D eigenvalue weighted by atomic mass is 16.5. The Labute approximate surface area is 166 Å². The van der Waals surface area contributed by atoms with E-state index in [1.54, 1.807) is 18.2 Å². The molecule has 2 aromatic rings.